The number of nitrogens with one attached hydrogen (secondary N) is 4. The van der Waals surface area contributed by atoms with Crippen LogP contribution in [0.15, 0.2) is 79.4 Å². The number of aryl methyl sites for hydroxylation is 2. The molecule has 0 unspecified atom stereocenters. The van der Waals surface area contributed by atoms with Gasteiger partial charge in [0.2, 0.25) is 11.9 Å². The smallest absolute Gasteiger partial charge is 0.260 e. The first kappa shape index (κ1) is 21.1. The zero-order chi connectivity index (χ0) is 23.3. The minimum atomic E-state index is -0.361. The number of fused-ring (bicyclic) bond motifs is 1. The topological polar surface area (TPSA) is 128 Å². The highest BCUT2D eigenvalue weighted by Crippen LogP contribution is 2.20. The van der Waals surface area contributed by atoms with Gasteiger partial charge in [-0.25, -0.2) is 9.97 Å². The Kier molecular flexibility index (Phi) is 5.81. The van der Waals surface area contributed by atoms with Gasteiger partial charge in [-0.15, -0.1) is 0 Å². The quantitative estimate of drug-likeness (QED) is 0.298. The predicted octanol–water partition coefficient (Wildman–Crippen LogP) is 3.97. The largest absolute Gasteiger partial charge is 0.331 e. The standard InChI is InChI=1S/C25H21N7O2/c33-22(18-13-17(14-26-15-18)10-9-16-5-2-1-3-6-16)31-25-29-20-8-4-7-19(21(20)30-25)23(34)32-24-27-11-12-28-24/h1-8,11-15H,9-10H2,(H2,27,28,32,34)(H2,29,30,31,33). The van der Waals surface area contributed by atoms with E-state index in [0.29, 0.717) is 28.1 Å². The molecule has 0 aliphatic heterocycles. The molecule has 168 valence electrons. The number of amides is 2. The Bertz CT molecular complexity index is 1440. The molecule has 0 spiro atoms. The molecule has 0 bridgehead atoms. The van der Waals surface area contributed by atoms with E-state index >= 15 is 0 Å². The number of nitrogens with zero attached hydrogens (tertiary/aromatic N) is 3. The molecule has 0 saturated carbocycles. The summed E-state index contributed by atoms with van der Waals surface area (Å²) in [6, 6.07) is 17.2. The molecule has 4 N–H and O–H groups in total. The van der Waals surface area contributed by atoms with Gasteiger partial charge in [-0.05, 0) is 42.2 Å². The minimum Gasteiger partial charge on any atom is -0.331 e. The Labute approximate surface area is 194 Å². The van der Waals surface area contributed by atoms with Crippen molar-refractivity contribution < 1.29 is 9.59 Å². The van der Waals surface area contributed by atoms with E-state index in [0.717, 1.165) is 18.4 Å². The number of para-hydroxylation sites is 1. The van der Waals surface area contributed by atoms with Gasteiger partial charge < -0.3 is 9.97 Å². The fourth-order valence-corrected chi connectivity index (χ4v) is 3.64. The Balaban J connectivity index is 1.30. The molecule has 0 saturated heterocycles. The lowest BCUT2D eigenvalue weighted by Crippen LogP contribution is -2.14. The van der Waals surface area contributed by atoms with Crippen LogP contribution in [0, 0.1) is 0 Å². The van der Waals surface area contributed by atoms with Gasteiger partial charge in [-0.1, -0.05) is 36.4 Å². The maximum atomic E-state index is 12.8. The SMILES string of the molecule is O=C(Nc1nc2c(C(=O)Nc3ncc[nH]3)cccc2[nH]1)c1cncc(CCc2ccccc2)c1. The van der Waals surface area contributed by atoms with Crippen molar-refractivity contribution in [1.29, 1.82) is 0 Å². The average Bonchev–Trinajstić information content (AvgIpc) is 3.52. The van der Waals surface area contributed by atoms with Crippen molar-refractivity contribution in [2.24, 2.45) is 0 Å². The number of H-pyrrole nitrogens is 2. The maximum Gasteiger partial charge on any atom is 0.260 e. The second-order valence-corrected chi connectivity index (χ2v) is 7.70. The molecule has 2 amide bonds. The van der Waals surface area contributed by atoms with E-state index in [9.17, 15) is 9.59 Å². The summed E-state index contributed by atoms with van der Waals surface area (Å²) < 4.78 is 0. The summed E-state index contributed by atoms with van der Waals surface area (Å²) in [6.45, 7) is 0. The molecule has 9 heteroatoms. The van der Waals surface area contributed by atoms with Crippen molar-refractivity contribution in [2.75, 3.05) is 10.6 Å². The highest BCUT2D eigenvalue weighted by atomic mass is 16.2. The van der Waals surface area contributed by atoms with Gasteiger partial charge in [-0.3, -0.25) is 25.2 Å². The lowest BCUT2D eigenvalue weighted by Gasteiger charge is -2.05. The first-order chi connectivity index (χ1) is 16.7. The van der Waals surface area contributed by atoms with E-state index in [4.69, 9.17) is 0 Å². The van der Waals surface area contributed by atoms with Gasteiger partial charge in [0.05, 0.1) is 16.6 Å². The van der Waals surface area contributed by atoms with Crippen LogP contribution in [0.5, 0.6) is 0 Å². The minimum absolute atomic E-state index is 0.243. The predicted molar refractivity (Wildman–Crippen MR) is 129 cm³/mol. The van der Waals surface area contributed by atoms with Crippen LogP contribution in [-0.4, -0.2) is 36.7 Å². The lowest BCUT2D eigenvalue weighted by molar-refractivity contribution is 0.101. The van der Waals surface area contributed by atoms with E-state index in [1.165, 1.54) is 11.8 Å². The van der Waals surface area contributed by atoms with E-state index in [1.54, 1.807) is 36.8 Å². The number of rotatable bonds is 7. The van der Waals surface area contributed by atoms with Crippen molar-refractivity contribution in [2.45, 2.75) is 12.8 Å². The molecule has 0 aliphatic rings. The zero-order valence-electron chi connectivity index (χ0n) is 18.1. The summed E-state index contributed by atoms with van der Waals surface area (Å²) in [4.78, 5) is 44.0. The molecule has 5 aromatic rings. The molecule has 0 radical (unpaired) electrons. The fourth-order valence-electron chi connectivity index (χ4n) is 3.64. The Hall–Kier alpha value is -4.79. The first-order valence-electron chi connectivity index (χ1n) is 10.7. The van der Waals surface area contributed by atoms with Crippen molar-refractivity contribution >= 4 is 34.7 Å². The van der Waals surface area contributed by atoms with Crippen molar-refractivity contribution in [3.05, 3.63) is 102 Å². The number of hydrogen-bond donors (Lipinski definition) is 4. The van der Waals surface area contributed by atoms with Crippen LogP contribution in [0.25, 0.3) is 11.0 Å². The van der Waals surface area contributed by atoms with Gasteiger partial charge >= 0.3 is 0 Å². The molecule has 9 nitrogen and oxygen atoms in total. The molecule has 3 heterocycles. The number of aromatic amines is 2. The summed E-state index contributed by atoms with van der Waals surface area (Å²) in [6.07, 6.45) is 8.09. The van der Waals surface area contributed by atoms with Crippen molar-refractivity contribution in [1.82, 2.24) is 24.9 Å². The second-order valence-electron chi connectivity index (χ2n) is 7.70. The highest BCUT2D eigenvalue weighted by Gasteiger charge is 2.16. The number of benzene rings is 2. The summed E-state index contributed by atoms with van der Waals surface area (Å²) in [5.74, 6) is -0.117. The summed E-state index contributed by atoms with van der Waals surface area (Å²) >= 11 is 0. The maximum absolute atomic E-state index is 12.8. The van der Waals surface area contributed by atoms with Gasteiger partial charge in [0.15, 0.2) is 0 Å². The number of imidazole rings is 2. The third-order valence-electron chi connectivity index (χ3n) is 5.32. The second kappa shape index (κ2) is 9.37. The van der Waals surface area contributed by atoms with Crippen LogP contribution in [0.4, 0.5) is 11.9 Å². The molecule has 5 rings (SSSR count). The van der Waals surface area contributed by atoms with Gasteiger partial charge in [0.25, 0.3) is 11.8 Å². The number of aromatic nitrogens is 5. The molecule has 2 aromatic carbocycles. The average molecular weight is 451 g/mol. The summed E-state index contributed by atoms with van der Waals surface area (Å²) in [5.41, 5.74) is 4.05. The third-order valence-corrected chi connectivity index (χ3v) is 5.32. The fraction of sp³-hybridized carbons (Fsp3) is 0.0800. The number of hydrogen-bond acceptors (Lipinski definition) is 5. The third kappa shape index (κ3) is 4.68. The molecule has 34 heavy (non-hydrogen) atoms. The van der Waals surface area contributed by atoms with E-state index in [2.05, 4.69) is 47.7 Å². The Morgan fingerprint density at radius 1 is 0.853 bits per heavy atom. The summed E-state index contributed by atoms with van der Waals surface area (Å²) in [7, 11) is 0. The van der Waals surface area contributed by atoms with E-state index in [-0.39, 0.29) is 17.8 Å². The Morgan fingerprint density at radius 3 is 2.50 bits per heavy atom. The molecule has 3 aromatic heterocycles. The first-order valence-corrected chi connectivity index (χ1v) is 10.7. The van der Waals surface area contributed by atoms with Gasteiger partial charge in [0, 0.05) is 24.8 Å². The molecule has 0 atom stereocenters. The van der Waals surface area contributed by atoms with Crippen LogP contribution in [-0.2, 0) is 12.8 Å². The van der Waals surface area contributed by atoms with Crippen LogP contribution in [0.1, 0.15) is 31.8 Å². The normalized spacial score (nSPS) is 10.8. The zero-order valence-corrected chi connectivity index (χ0v) is 18.1. The molecular formula is C25H21N7O2. The number of pyridine rings is 1. The van der Waals surface area contributed by atoms with Gasteiger partial charge in [-0.2, -0.15) is 0 Å². The van der Waals surface area contributed by atoms with Gasteiger partial charge in [0.1, 0.15) is 5.52 Å². The van der Waals surface area contributed by atoms with E-state index < -0.39 is 0 Å². The number of carbonyl (C=O) groups excluding carboxylic acids is 2. The summed E-state index contributed by atoms with van der Waals surface area (Å²) in [5, 5.41) is 5.45. The van der Waals surface area contributed by atoms with Crippen LogP contribution >= 0.6 is 0 Å². The van der Waals surface area contributed by atoms with Crippen LogP contribution in [0.2, 0.25) is 0 Å². The molecule has 0 aliphatic carbocycles. The van der Waals surface area contributed by atoms with Crippen molar-refractivity contribution in [3.8, 4) is 0 Å². The van der Waals surface area contributed by atoms with Crippen LogP contribution in [0.3, 0.4) is 0 Å². The monoisotopic (exact) mass is 451 g/mol. The molecular weight excluding hydrogens is 430 g/mol. The molecule has 0 fully saturated rings. The lowest BCUT2D eigenvalue weighted by atomic mass is 10.0. The Morgan fingerprint density at radius 2 is 1.68 bits per heavy atom. The van der Waals surface area contributed by atoms with Crippen molar-refractivity contribution in [3.63, 3.8) is 0 Å². The van der Waals surface area contributed by atoms with E-state index in [1.807, 2.05) is 24.3 Å². The van der Waals surface area contributed by atoms with Crippen LogP contribution < -0.4 is 10.6 Å². The number of anilines is 2. The highest BCUT2D eigenvalue weighted by molar-refractivity contribution is 6.11. The number of carbonyl (C=O) groups is 2.